The maximum absolute atomic E-state index is 10.7. The van der Waals surface area contributed by atoms with Crippen molar-refractivity contribution in [3.05, 3.63) is 21.6 Å². The zero-order valence-electron chi connectivity index (χ0n) is 5.14. The molecule has 0 fully saturated rings. The number of carbonyl (C=O) groups excluding carboxylic acids is 1. The van der Waals surface area contributed by atoms with Crippen molar-refractivity contribution in [2.75, 3.05) is 0 Å². The Morgan fingerprint density at radius 3 is 3.00 bits per heavy atom. The topological polar surface area (TPSA) is 112 Å². The summed E-state index contributed by atoms with van der Waals surface area (Å²) in [7, 11) is 0. The minimum Gasteiger partial charge on any atom is -0.361 e. The molecule has 0 saturated carbocycles. The Morgan fingerprint density at radius 1 is 1.82 bits per heavy atom. The van der Waals surface area contributed by atoms with Gasteiger partial charge >= 0.3 is 11.8 Å². The van der Waals surface area contributed by atoms with Crippen LogP contribution in [0.3, 0.4) is 0 Å². The molecule has 1 aromatic rings. The first-order chi connectivity index (χ1) is 5.25. The largest absolute Gasteiger partial charge is 0.389 e. The predicted molar refractivity (Wildman–Crippen MR) is 31.1 cm³/mol. The van der Waals surface area contributed by atoms with Crippen LogP contribution in [0.1, 0.15) is 10.5 Å². The molecule has 11 heavy (non-hydrogen) atoms. The summed E-state index contributed by atoms with van der Waals surface area (Å²) in [5.41, 5.74) is 6.57. The number of ketones is 1. The van der Waals surface area contributed by atoms with Gasteiger partial charge in [-0.1, -0.05) is 0 Å². The molecule has 0 amide bonds. The standard InChI is InChI=1S/C4H2N4O3/c5-6-1-2(9)3-4(10)11-8-7-3/h1,8H. The van der Waals surface area contributed by atoms with Gasteiger partial charge in [0, 0.05) is 0 Å². The lowest BCUT2D eigenvalue weighted by Crippen LogP contribution is -2.12. The number of rotatable bonds is 2. The van der Waals surface area contributed by atoms with E-state index in [-0.39, 0.29) is 0 Å². The molecule has 7 nitrogen and oxygen atoms in total. The second-order valence-corrected chi connectivity index (χ2v) is 1.55. The molecule has 0 aliphatic heterocycles. The molecule has 0 radical (unpaired) electrons. The smallest absolute Gasteiger partial charge is 0.361 e. The van der Waals surface area contributed by atoms with Gasteiger partial charge in [0.15, 0.2) is 0 Å². The first kappa shape index (κ1) is 7.10. The molecule has 7 heteroatoms. The maximum Gasteiger partial charge on any atom is 0.389 e. The number of nitrogens with one attached hydrogen (secondary N) is 1. The number of H-pyrrole nitrogens is 1. The molecule has 1 N–H and O–H groups in total. The Balaban J connectivity index is 3.12. The number of aromatic amines is 1. The van der Waals surface area contributed by atoms with E-state index in [4.69, 9.17) is 5.53 Å². The number of Topliss-reactive ketones (excluding diaryl/α,β-unsaturated/α-hetero) is 1. The highest BCUT2D eigenvalue weighted by atomic mass is 16.5. The van der Waals surface area contributed by atoms with Gasteiger partial charge in [0.05, 0.1) is 0 Å². The van der Waals surface area contributed by atoms with Gasteiger partial charge in [-0.2, -0.15) is 4.79 Å². The summed E-state index contributed by atoms with van der Waals surface area (Å²) in [5.74, 6) is -0.817. The molecule has 0 aliphatic carbocycles. The zero-order valence-corrected chi connectivity index (χ0v) is 5.14. The molecule has 56 valence electrons. The first-order valence-electron chi connectivity index (χ1n) is 2.51. The second-order valence-electron chi connectivity index (χ2n) is 1.55. The third-order valence-corrected chi connectivity index (χ3v) is 0.898. The van der Waals surface area contributed by atoms with Crippen LogP contribution in [0.2, 0.25) is 0 Å². The third-order valence-electron chi connectivity index (χ3n) is 0.898. The fourth-order valence-corrected chi connectivity index (χ4v) is 0.473. The normalized spacial score (nSPS) is 8.73. The molecule has 0 aliphatic rings. The zero-order chi connectivity index (χ0) is 8.27. The van der Waals surface area contributed by atoms with Gasteiger partial charge in [0.25, 0.3) is 5.78 Å². The molecule has 0 aromatic carbocycles. The van der Waals surface area contributed by atoms with E-state index in [1.54, 1.807) is 0 Å². The van der Waals surface area contributed by atoms with Crippen LogP contribution in [-0.4, -0.2) is 27.2 Å². The van der Waals surface area contributed by atoms with Crippen LogP contribution in [-0.2, 0) is 0 Å². The number of hydrogen-bond acceptors (Lipinski definition) is 4. The van der Waals surface area contributed by atoms with Crippen LogP contribution in [0.25, 0.3) is 5.53 Å². The van der Waals surface area contributed by atoms with E-state index in [1.807, 2.05) is 5.27 Å². The highest BCUT2D eigenvalue weighted by Gasteiger charge is 2.15. The van der Waals surface area contributed by atoms with Crippen molar-refractivity contribution in [3.8, 4) is 0 Å². The van der Waals surface area contributed by atoms with Crippen molar-refractivity contribution in [2.45, 2.75) is 0 Å². The molecule has 1 heterocycles. The monoisotopic (exact) mass is 154 g/mol. The lowest BCUT2D eigenvalue weighted by Gasteiger charge is -1.71. The van der Waals surface area contributed by atoms with E-state index in [0.29, 0.717) is 6.21 Å². The molecule has 0 spiro atoms. The lowest BCUT2D eigenvalue weighted by atomic mass is 10.3. The second kappa shape index (κ2) is 2.72. The van der Waals surface area contributed by atoms with Crippen molar-refractivity contribution in [2.24, 2.45) is 0 Å². The summed E-state index contributed by atoms with van der Waals surface area (Å²) in [4.78, 5) is 23.6. The fraction of sp³-hybridized carbons (Fsp3) is 0. The van der Waals surface area contributed by atoms with Crippen molar-refractivity contribution in [1.29, 1.82) is 0 Å². The van der Waals surface area contributed by atoms with Gasteiger partial charge in [-0.3, -0.25) is 4.79 Å². The summed E-state index contributed by atoms with van der Waals surface area (Å²) >= 11 is 0. The fourth-order valence-electron chi connectivity index (χ4n) is 0.473. The summed E-state index contributed by atoms with van der Waals surface area (Å²) in [6, 6.07) is 0. The van der Waals surface area contributed by atoms with Crippen molar-refractivity contribution >= 4 is 12.0 Å². The van der Waals surface area contributed by atoms with E-state index in [2.05, 4.69) is 14.4 Å². The summed E-state index contributed by atoms with van der Waals surface area (Å²) in [6.07, 6.45) is 0.549. The average molecular weight is 154 g/mol. The van der Waals surface area contributed by atoms with Crippen molar-refractivity contribution in [1.82, 2.24) is 10.4 Å². The van der Waals surface area contributed by atoms with E-state index in [0.717, 1.165) is 0 Å². The van der Waals surface area contributed by atoms with Crippen molar-refractivity contribution in [3.63, 3.8) is 0 Å². The quantitative estimate of drug-likeness (QED) is 0.250. The predicted octanol–water partition coefficient (Wildman–Crippen LogP) is -1.15. The minimum atomic E-state index is -0.894. The minimum absolute atomic E-state index is 0.442. The highest BCUT2D eigenvalue weighted by Crippen LogP contribution is 1.80. The summed E-state index contributed by atoms with van der Waals surface area (Å²) in [5, 5.41) is 5.01. The highest BCUT2D eigenvalue weighted by molar-refractivity contribution is 6.32. The number of hydrogen-bond donors (Lipinski definition) is 1. The summed E-state index contributed by atoms with van der Waals surface area (Å²) < 4.78 is 4.08. The van der Waals surface area contributed by atoms with E-state index >= 15 is 0 Å². The van der Waals surface area contributed by atoms with Crippen LogP contribution in [0.5, 0.6) is 0 Å². The average Bonchev–Trinajstić information content (AvgIpc) is 2.36. The van der Waals surface area contributed by atoms with Gasteiger partial charge in [-0.15, -0.1) is 10.4 Å². The number of aromatic nitrogens is 2. The third kappa shape index (κ3) is 1.28. The Morgan fingerprint density at radius 2 is 2.55 bits per heavy atom. The van der Waals surface area contributed by atoms with Gasteiger partial charge in [-0.05, 0) is 0 Å². The van der Waals surface area contributed by atoms with Crippen LogP contribution >= 0.6 is 0 Å². The van der Waals surface area contributed by atoms with Crippen LogP contribution in [0, 0.1) is 0 Å². The molecular formula is C4H2N4O3. The van der Waals surface area contributed by atoms with Crippen molar-refractivity contribution < 1.29 is 14.1 Å². The Labute approximate surface area is 59.2 Å². The van der Waals surface area contributed by atoms with Crippen LogP contribution in [0.4, 0.5) is 0 Å². The van der Waals surface area contributed by atoms with E-state index < -0.39 is 17.1 Å². The van der Waals surface area contributed by atoms with Gasteiger partial charge < -0.3 is 10.1 Å². The number of nitrogens with zero attached hydrogens (tertiary/aromatic N) is 3. The molecular weight excluding hydrogens is 152 g/mol. The van der Waals surface area contributed by atoms with E-state index in [1.165, 1.54) is 0 Å². The lowest BCUT2D eigenvalue weighted by molar-refractivity contribution is 0.00228. The van der Waals surface area contributed by atoms with Gasteiger partial charge in [0.2, 0.25) is 5.69 Å². The summed E-state index contributed by atoms with van der Waals surface area (Å²) in [6.45, 7) is 0. The molecule has 0 unspecified atom stereocenters. The number of carbonyl (C=O) groups is 1. The molecule has 1 aromatic heterocycles. The Hall–Kier alpha value is -2.01. The SMILES string of the molecule is [N-]=[N+]=CC(=O)c1n[nH]oc1=O. The molecule has 0 saturated heterocycles. The van der Waals surface area contributed by atoms with Crippen LogP contribution in [0.15, 0.2) is 9.32 Å². The maximum atomic E-state index is 10.7. The molecule has 1 rings (SSSR count). The molecule has 0 atom stereocenters. The van der Waals surface area contributed by atoms with Gasteiger partial charge in [-0.25, -0.2) is 4.79 Å². The van der Waals surface area contributed by atoms with Gasteiger partial charge in [0.1, 0.15) is 0 Å². The van der Waals surface area contributed by atoms with E-state index in [9.17, 15) is 9.59 Å². The Kier molecular flexibility index (Phi) is 1.75. The molecule has 0 bridgehead atoms. The first-order valence-corrected chi connectivity index (χ1v) is 2.51. The van der Waals surface area contributed by atoms with Crippen LogP contribution < -0.4 is 5.63 Å². The Bertz CT molecular complexity index is 369.